The lowest BCUT2D eigenvalue weighted by Crippen LogP contribution is -2.24. The van der Waals surface area contributed by atoms with E-state index in [2.05, 4.69) is 10.3 Å². The normalized spacial score (nSPS) is 11.2. The van der Waals surface area contributed by atoms with E-state index in [-0.39, 0.29) is 5.56 Å². The van der Waals surface area contributed by atoms with Gasteiger partial charge in [0, 0.05) is 5.56 Å². The Morgan fingerprint density at radius 3 is 2.48 bits per heavy atom. The van der Waals surface area contributed by atoms with Gasteiger partial charge in [0.25, 0.3) is 0 Å². The van der Waals surface area contributed by atoms with Gasteiger partial charge in [0.2, 0.25) is 0 Å². The molecule has 0 bridgehead atoms. The number of halogens is 2. The highest BCUT2D eigenvalue weighted by Gasteiger charge is 2.21. The Morgan fingerprint density at radius 1 is 1.07 bits per heavy atom. The van der Waals surface area contributed by atoms with Crippen molar-refractivity contribution in [2.24, 2.45) is 0 Å². The molecule has 1 heterocycles. The molecule has 0 aliphatic heterocycles. The summed E-state index contributed by atoms with van der Waals surface area (Å²) in [5.41, 5.74) is 2.27. The predicted octanol–water partition coefficient (Wildman–Crippen LogP) is 6.03. The van der Waals surface area contributed by atoms with Crippen LogP contribution in [0.1, 0.15) is 36.7 Å². The number of ether oxygens (including phenoxy) is 1. The molecule has 0 atom stereocenters. The molecule has 0 saturated carbocycles. The lowest BCUT2D eigenvalue weighted by atomic mass is 10.1. The van der Waals surface area contributed by atoms with Crippen molar-refractivity contribution in [2.45, 2.75) is 33.3 Å². The number of aryl methyl sites for hydroxylation is 1. The quantitative estimate of drug-likeness (QED) is 0.547. The van der Waals surface area contributed by atoms with E-state index >= 15 is 0 Å². The Labute approximate surface area is 168 Å². The molecule has 2 aromatic carbocycles. The number of hydrogen-bond acceptors (Lipinski definition) is 4. The summed E-state index contributed by atoms with van der Waals surface area (Å²) < 4.78 is 32.9. The van der Waals surface area contributed by atoms with Crippen LogP contribution in [0.2, 0.25) is 0 Å². The SMILES string of the molecule is Cc1ccc(Nc2ccc(-c3cccc(F)c3F)nc2)c(C(=O)OC(C)(C)C)c1. The third-order valence-electron chi connectivity index (χ3n) is 4.06. The fourth-order valence-electron chi connectivity index (χ4n) is 2.75. The molecule has 0 unspecified atom stereocenters. The summed E-state index contributed by atoms with van der Waals surface area (Å²) in [6, 6.07) is 12.6. The van der Waals surface area contributed by atoms with Gasteiger partial charge >= 0.3 is 5.97 Å². The van der Waals surface area contributed by atoms with Crippen LogP contribution in [-0.4, -0.2) is 16.6 Å². The summed E-state index contributed by atoms with van der Waals surface area (Å²) in [4.78, 5) is 16.8. The molecule has 0 aliphatic rings. The van der Waals surface area contributed by atoms with Crippen molar-refractivity contribution < 1.29 is 18.3 Å². The zero-order valence-corrected chi connectivity index (χ0v) is 16.7. The average Bonchev–Trinajstić information content (AvgIpc) is 2.65. The van der Waals surface area contributed by atoms with E-state index in [0.29, 0.717) is 22.6 Å². The van der Waals surface area contributed by atoms with E-state index in [4.69, 9.17) is 4.74 Å². The molecule has 0 spiro atoms. The summed E-state index contributed by atoms with van der Waals surface area (Å²) in [5, 5.41) is 3.14. The van der Waals surface area contributed by atoms with Crippen LogP contribution in [0.15, 0.2) is 54.7 Å². The van der Waals surface area contributed by atoms with Crippen molar-refractivity contribution in [3.8, 4) is 11.3 Å². The van der Waals surface area contributed by atoms with Crippen LogP contribution >= 0.6 is 0 Å². The smallest absolute Gasteiger partial charge is 0.340 e. The zero-order valence-electron chi connectivity index (χ0n) is 16.7. The van der Waals surface area contributed by atoms with Crippen molar-refractivity contribution in [3.05, 3.63) is 77.5 Å². The number of benzene rings is 2. The molecule has 3 aromatic rings. The van der Waals surface area contributed by atoms with Crippen LogP contribution in [-0.2, 0) is 4.74 Å². The van der Waals surface area contributed by atoms with Crippen LogP contribution in [0, 0.1) is 18.6 Å². The van der Waals surface area contributed by atoms with E-state index in [1.54, 1.807) is 24.3 Å². The van der Waals surface area contributed by atoms with Gasteiger partial charge in [-0.15, -0.1) is 0 Å². The van der Waals surface area contributed by atoms with Gasteiger partial charge < -0.3 is 10.1 Å². The number of esters is 1. The zero-order chi connectivity index (χ0) is 21.2. The number of hydrogen-bond donors (Lipinski definition) is 1. The van der Waals surface area contributed by atoms with Crippen LogP contribution in [0.3, 0.4) is 0 Å². The highest BCUT2D eigenvalue weighted by molar-refractivity contribution is 5.97. The Bertz CT molecular complexity index is 1040. The topological polar surface area (TPSA) is 51.2 Å². The lowest BCUT2D eigenvalue weighted by molar-refractivity contribution is 0.00706. The van der Waals surface area contributed by atoms with Gasteiger partial charge in [-0.2, -0.15) is 0 Å². The first-order valence-electron chi connectivity index (χ1n) is 9.15. The highest BCUT2D eigenvalue weighted by atomic mass is 19.2. The Balaban J connectivity index is 1.87. The van der Waals surface area contributed by atoms with Crippen molar-refractivity contribution in [1.82, 2.24) is 4.98 Å². The standard InChI is InChI=1S/C23H22F2N2O2/c1-14-8-10-20(17(12-14)22(28)29-23(2,3)4)27-15-9-11-19(26-13-15)16-6-5-7-18(24)21(16)25/h5-13,27H,1-4H3. The molecule has 6 heteroatoms. The molecular formula is C23H22F2N2O2. The molecule has 150 valence electrons. The summed E-state index contributed by atoms with van der Waals surface area (Å²) in [5.74, 6) is -2.30. The minimum atomic E-state index is -0.938. The van der Waals surface area contributed by atoms with Gasteiger partial charge in [0.05, 0.1) is 28.8 Å². The minimum Gasteiger partial charge on any atom is -0.456 e. The maximum Gasteiger partial charge on any atom is 0.340 e. The van der Waals surface area contributed by atoms with Crippen molar-refractivity contribution in [1.29, 1.82) is 0 Å². The third-order valence-corrected chi connectivity index (χ3v) is 4.06. The third kappa shape index (κ3) is 4.96. The Morgan fingerprint density at radius 2 is 1.83 bits per heavy atom. The second kappa shape index (κ2) is 7.99. The second-order valence-corrected chi connectivity index (χ2v) is 7.71. The molecule has 1 aromatic heterocycles. The van der Waals surface area contributed by atoms with Crippen molar-refractivity contribution in [2.75, 3.05) is 5.32 Å². The summed E-state index contributed by atoms with van der Waals surface area (Å²) in [7, 11) is 0. The van der Waals surface area contributed by atoms with Crippen molar-refractivity contribution in [3.63, 3.8) is 0 Å². The summed E-state index contributed by atoms with van der Waals surface area (Å²) in [6.45, 7) is 7.31. The van der Waals surface area contributed by atoms with Crippen LogP contribution in [0.4, 0.5) is 20.2 Å². The number of carbonyl (C=O) groups is 1. The maximum absolute atomic E-state index is 14.0. The van der Waals surface area contributed by atoms with Crippen LogP contribution in [0.25, 0.3) is 11.3 Å². The van der Waals surface area contributed by atoms with Gasteiger partial charge in [-0.1, -0.05) is 17.7 Å². The molecule has 1 N–H and O–H groups in total. The minimum absolute atomic E-state index is 0.0846. The predicted molar refractivity (Wildman–Crippen MR) is 109 cm³/mol. The molecular weight excluding hydrogens is 374 g/mol. The molecule has 0 radical (unpaired) electrons. The van der Waals surface area contributed by atoms with E-state index in [1.807, 2.05) is 33.8 Å². The molecule has 0 saturated heterocycles. The molecule has 0 aliphatic carbocycles. The fourth-order valence-corrected chi connectivity index (χ4v) is 2.75. The largest absolute Gasteiger partial charge is 0.456 e. The van der Waals surface area contributed by atoms with E-state index in [9.17, 15) is 13.6 Å². The molecule has 4 nitrogen and oxygen atoms in total. The Kier molecular flexibility index (Phi) is 5.64. The van der Waals surface area contributed by atoms with Gasteiger partial charge in [-0.05, 0) is 64.1 Å². The van der Waals surface area contributed by atoms with E-state index < -0.39 is 23.2 Å². The van der Waals surface area contributed by atoms with Crippen LogP contribution < -0.4 is 5.32 Å². The summed E-state index contributed by atoms with van der Waals surface area (Å²) >= 11 is 0. The number of rotatable bonds is 4. The van der Waals surface area contributed by atoms with Gasteiger partial charge in [0.1, 0.15) is 5.60 Å². The summed E-state index contributed by atoms with van der Waals surface area (Å²) in [6.07, 6.45) is 1.50. The highest BCUT2D eigenvalue weighted by Crippen LogP contribution is 2.27. The second-order valence-electron chi connectivity index (χ2n) is 7.71. The first-order valence-corrected chi connectivity index (χ1v) is 9.15. The molecule has 29 heavy (non-hydrogen) atoms. The first kappa shape index (κ1) is 20.5. The monoisotopic (exact) mass is 396 g/mol. The number of nitrogens with one attached hydrogen (secondary N) is 1. The average molecular weight is 396 g/mol. The number of nitrogens with zero attached hydrogens (tertiary/aromatic N) is 1. The molecule has 3 rings (SSSR count). The number of anilines is 2. The van der Waals surface area contributed by atoms with Gasteiger partial charge in [-0.25, -0.2) is 13.6 Å². The lowest BCUT2D eigenvalue weighted by Gasteiger charge is -2.21. The first-order chi connectivity index (χ1) is 13.6. The van der Waals surface area contributed by atoms with E-state index in [0.717, 1.165) is 11.6 Å². The number of aromatic nitrogens is 1. The van der Waals surface area contributed by atoms with Crippen molar-refractivity contribution >= 4 is 17.3 Å². The number of pyridine rings is 1. The van der Waals surface area contributed by atoms with Gasteiger partial charge in [0.15, 0.2) is 11.6 Å². The maximum atomic E-state index is 14.0. The molecule has 0 amide bonds. The molecule has 0 fully saturated rings. The van der Waals surface area contributed by atoms with Crippen LogP contribution in [0.5, 0.6) is 0 Å². The fraction of sp³-hybridized carbons (Fsp3) is 0.217. The van der Waals surface area contributed by atoms with E-state index in [1.165, 1.54) is 18.3 Å². The number of carbonyl (C=O) groups excluding carboxylic acids is 1. The Hall–Kier alpha value is -3.28. The van der Waals surface area contributed by atoms with Gasteiger partial charge in [-0.3, -0.25) is 4.98 Å².